The molecule has 1 aromatic heterocycles. The van der Waals surface area contributed by atoms with Gasteiger partial charge >= 0.3 is 6.01 Å². The molecule has 4 N–H and O–H groups in total. The van der Waals surface area contributed by atoms with Gasteiger partial charge in [-0.3, -0.25) is 5.43 Å². The predicted molar refractivity (Wildman–Crippen MR) is 63.9 cm³/mol. The summed E-state index contributed by atoms with van der Waals surface area (Å²) in [4.78, 5) is 14.6. The third kappa shape index (κ3) is 2.92. The number of aromatic nitrogens is 3. The summed E-state index contributed by atoms with van der Waals surface area (Å²) in [6.45, 7) is 5.94. The maximum absolute atomic E-state index is 5.32. The molecule has 1 fully saturated rings. The highest BCUT2D eigenvalue weighted by Crippen LogP contribution is 2.14. The molecule has 2 rings (SSSR count). The van der Waals surface area contributed by atoms with Crippen LogP contribution in [0.1, 0.15) is 6.92 Å². The minimum atomic E-state index is 0.295. The summed E-state index contributed by atoms with van der Waals surface area (Å²) < 4.78 is 5.28. The van der Waals surface area contributed by atoms with Crippen LogP contribution in [0.25, 0.3) is 0 Å². The third-order valence-corrected chi connectivity index (χ3v) is 2.41. The molecule has 17 heavy (non-hydrogen) atoms. The number of piperazine rings is 1. The molecule has 0 aromatic carbocycles. The average Bonchev–Trinajstić information content (AvgIpc) is 2.40. The number of hydrogen-bond acceptors (Lipinski definition) is 8. The van der Waals surface area contributed by atoms with Gasteiger partial charge in [-0.25, -0.2) is 5.84 Å². The normalized spacial score (nSPS) is 15.8. The fraction of sp³-hybridized carbons (Fsp3) is 0.667. The largest absolute Gasteiger partial charge is 0.464 e. The van der Waals surface area contributed by atoms with E-state index in [1.807, 2.05) is 6.92 Å². The van der Waals surface area contributed by atoms with Gasteiger partial charge in [-0.2, -0.15) is 15.0 Å². The van der Waals surface area contributed by atoms with Crippen LogP contribution in [0.2, 0.25) is 0 Å². The molecule has 2 heterocycles. The first kappa shape index (κ1) is 11.8. The molecular weight excluding hydrogens is 222 g/mol. The summed E-state index contributed by atoms with van der Waals surface area (Å²) in [7, 11) is 0. The number of ether oxygens (including phenoxy) is 1. The van der Waals surface area contributed by atoms with Crippen LogP contribution in [0, 0.1) is 0 Å². The van der Waals surface area contributed by atoms with Gasteiger partial charge in [-0.05, 0) is 6.92 Å². The van der Waals surface area contributed by atoms with E-state index in [9.17, 15) is 0 Å². The van der Waals surface area contributed by atoms with E-state index in [-0.39, 0.29) is 0 Å². The fourth-order valence-corrected chi connectivity index (χ4v) is 1.61. The Kier molecular flexibility index (Phi) is 3.89. The van der Waals surface area contributed by atoms with E-state index >= 15 is 0 Å². The van der Waals surface area contributed by atoms with Crippen molar-refractivity contribution >= 4 is 11.9 Å². The van der Waals surface area contributed by atoms with Crippen LogP contribution in [0.3, 0.4) is 0 Å². The Morgan fingerprint density at radius 3 is 2.76 bits per heavy atom. The van der Waals surface area contributed by atoms with E-state index in [1.54, 1.807) is 0 Å². The van der Waals surface area contributed by atoms with Gasteiger partial charge in [0.15, 0.2) is 0 Å². The van der Waals surface area contributed by atoms with Crippen molar-refractivity contribution < 1.29 is 4.74 Å². The van der Waals surface area contributed by atoms with Crippen LogP contribution in [-0.4, -0.2) is 47.7 Å². The summed E-state index contributed by atoms with van der Waals surface area (Å²) in [5.74, 6) is 6.24. The molecule has 0 unspecified atom stereocenters. The number of nitrogens with zero attached hydrogens (tertiary/aromatic N) is 4. The second-order valence-electron chi connectivity index (χ2n) is 3.56. The molecule has 94 valence electrons. The number of anilines is 2. The van der Waals surface area contributed by atoms with Gasteiger partial charge < -0.3 is 15.0 Å². The van der Waals surface area contributed by atoms with Gasteiger partial charge in [0.25, 0.3) is 0 Å². The number of nitrogens with two attached hydrogens (primary N) is 1. The molecule has 8 heteroatoms. The minimum absolute atomic E-state index is 0.295. The van der Waals surface area contributed by atoms with Gasteiger partial charge in [0.05, 0.1) is 6.61 Å². The molecule has 0 amide bonds. The van der Waals surface area contributed by atoms with E-state index in [0.29, 0.717) is 24.5 Å². The first-order valence-corrected chi connectivity index (χ1v) is 5.64. The Labute approximate surface area is 99.6 Å². The molecule has 0 atom stereocenters. The first-order valence-electron chi connectivity index (χ1n) is 5.64. The van der Waals surface area contributed by atoms with Crippen LogP contribution >= 0.6 is 0 Å². The van der Waals surface area contributed by atoms with Crippen molar-refractivity contribution in [2.24, 2.45) is 5.84 Å². The van der Waals surface area contributed by atoms with Gasteiger partial charge in [0, 0.05) is 26.2 Å². The number of nitrogen functional groups attached to an aromatic ring is 1. The summed E-state index contributed by atoms with van der Waals surface area (Å²) in [5, 5.41) is 3.27. The predicted octanol–water partition coefficient (Wildman–Crippen LogP) is -1.03. The number of hydrazine groups is 1. The number of rotatable bonds is 4. The zero-order valence-electron chi connectivity index (χ0n) is 9.81. The van der Waals surface area contributed by atoms with Crippen molar-refractivity contribution in [3.05, 3.63) is 0 Å². The molecular formula is C9H17N7O. The molecule has 0 radical (unpaired) electrons. The summed E-state index contributed by atoms with van der Waals surface area (Å²) in [6, 6.07) is 0.295. The van der Waals surface area contributed by atoms with Crippen LogP contribution in [0.4, 0.5) is 11.9 Å². The van der Waals surface area contributed by atoms with Crippen molar-refractivity contribution in [2.75, 3.05) is 43.1 Å². The van der Waals surface area contributed by atoms with E-state index in [1.165, 1.54) is 0 Å². The number of nitrogens with one attached hydrogen (secondary N) is 2. The van der Waals surface area contributed by atoms with E-state index in [0.717, 1.165) is 26.2 Å². The standard InChI is InChI=1S/C9H17N7O/c1-2-17-9-13-7(15-10)12-8(14-9)16-5-3-11-4-6-16/h11H,2-6,10H2,1H3,(H,12,13,14,15). The van der Waals surface area contributed by atoms with Crippen molar-refractivity contribution in [3.8, 4) is 6.01 Å². The summed E-state index contributed by atoms with van der Waals surface area (Å²) >= 11 is 0. The smallest absolute Gasteiger partial charge is 0.323 e. The highest BCUT2D eigenvalue weighted by atomic mass is 16.5. The Hall–Kier alpha value is -1.67. The lowest BCUT2D eigenvalue weighted by atomic mass is 10.4. The first-order chi connectivity index (χ1) is 8.33. The maximum atomic E-state index is 5.32. The Balaban J connectivity index is 2.21. The van der Waals surface area contributed by atoms with Crippen LogP contribution in [-0.2, 0) is 0 Å². The quantitative estimate of drug-likeness (QED) is 0.452. The van der Waals surface area contributed by atoms with Crippen molar-refractivity contribution in [1.29, 1.82) is 0 Å². The zero-order chi connectivity index (χ0) is 12.1. The fourth-order valence-electron chi connectivity index (χ4n) is 1.61. The Morgan fingerprint density at radius 1 is 1.35 bits per heavy atom. The van der Waals surface area contributed by atoms with Crippen molar-refractivity contribution in [1.82, 2.24) is 20.3 Å². The summed E-state index contributed by atoms with van der Waals surface area (Å²) in [5.41, 5.74) is 2.42. The molecule has 0 spiro atoms. The lowest BCUT2D eigenvalue weighted by molar-refractivity contribution is 0.311. The molecule has 0 saturated carbocycles. The van der Waals surface area contributed by atoms with Crippen LogP contribution in [0.5, 0.6) is 6.01 Å². The molecule has 1 saturated heterocycles. The lowest BCUT2D eigenvalue weighted by Gasteiger charge is -2.27. The monoisotopic (exact) mass is 239 g/mol. The minimum Gasteiger partial charge on any atom is -0.464 e. The second kappa shape index (κ2) is 5.60. The summed E-state index contributed by atoms with van der Waals surface area (Å²) in [6.07, 6.45) is 0. The van der Waals surface area contributed by atoms with Crippen LogP contribution < -0.4 is 26.2 Å². The molecule has 1 aliphatic rings. The average molecular weight is 239 g/mol. The molecule has 1 aliphatic heterocycles. The van der Waals surface area contributed by atoms with Crippen LogP contribution in [0.15, 0.2) is 0 Å². The SMILES string of the molecule is CCOc1nc(NN)nc(N2CCNCC2)n1. The highest BCUT2D eigenvalue weighted by Gasteiger charge is 2.15. The Bertz CT molecular complexity index is 366. The maximum Gasteiger partial charge on any atom is 0.323 e. The second-order valence-corrected chi connectivity index (χ2v) is 3.56. The van der Waals surface area contributed by atoms with Crippen molar-refractivity contribution in [3.63, 3.8) is 0 Å². The van der Waals surface area contributed by atoms with E-state index < -0.39 is 0 Å². The zero-order valence-corrected chi connectivity index (χ0v) is 9.81. The van der Waals surface area contributed by atoms with Gasteiger partial charge in [0.1, 0.15) is 0 Å². The van der Waals surface area contributed by atoms with E-state index in [2.05, 4.69) is 30.6 Å². The lowest BCUT2D eigenvalue weighted by Crippen LogP contribution is -2.44. The highest BCUT2D eigenvalue weighted by molar-refractivity contribution is 5.38. The molecule has 1 aromatic rings. The molecule has 8 nitrogen and oxygen atoms in total. The van der Waals surface area contributed by atoms with Gasteiger partial charge in [0.2, 0.25) is 11.9 Å². The third-order valence-electron chi connectivity index (χ3n) is 2.41. The topological polar surface area (TPSA) is 101 Å². The Morgan fingerprint density at radius 2 is 2.12 bits per heavy atom. The molecule has 0 aliphatic carbocycles. The van der Waals surface area contributed by atoms with Crippen molar-refractivity contribution in [2.45, 2.75) is 6.92 Å². The molecule has 0 bridgehead atoms. The van der Waals surface area contributed by atoms with E-state index in [4.69, 9.17) is 10.6 Å². The number of hydrogen-bond donors (Lipinski definition) is 3. The van der Waals surface area contributed by atoms with Gasteiger partial charge in [-0.15, -0.1) is 0 Å². The van der Waals surface area contributed by atoms with Gasteiger partial charge in [-0.1, -0.05) is 0 Å².